The molecule has 1 fully saturated rings. The van der Waals surface area contributed by atoms with Crippen LogP contribution in [0.3, 0.4) is 0 Å². The largest absolute Gasteiger partial charge is 0.310 e. The van der Waals surface area contributed by atoms with Crippen LogP contribution >= 0.6 is 0 Å². The van der Waals surface area contributed by atoms with Crippen LogP contribution in [0.4, 0.5) is 0 Å². The van der Waals surface area contributed by atoms with E-state index in [4.69, 9.17) is 0 Å². The van der Waals surface area contributed by atoms with Crippen molar-refractivity contribution in [3.63, 3.8) is 0 Å². The topological polar surface area (TPSA) is 35.8 Å². The molecular weight excluding hydrogens is 196 g/mol. The molecule has 1 aliphatic rings. The summed E-state index contributed by atoms with van der Waals surface area (Å²) in [6.07, 6.45) is 3.66. The second-order valence-corrected chi connectivity index (χ2v) is 4.36. The molecule has 0 saturated heterocycles. The smallest absolute Gasteiger partial charge is 0.0852 e. The first-order valence-corrected chi connectivity index (χ1v) is 5.62. The minimum atomic E-state index is -0.264. The molecule has 0 heterocycles. The van der Waals surface area contributed by atoms with Crippen LogP contribution in [-0.4, -0.2) is 12.6 Å². The van der Waals surface area contributed by atoms with Gasteiger partial charge in [0.15, 0.2) is 0 Å². The zero-order valence-electron chi connectivity index (χ0n) is 9.32. The quantitative estimate of drug-likeness (QED) is 0.778. The van der Waals surface area contributed by atoms with Crippen LogP contribution in [0.2, 0.25) is 0 Å². The maximum atomic E-state index is 9.34. The second-order valence-electron chi connectivity index (χ2n) is 4.36. The highest BCUT2D eigenvalue weighted by molar-refractivity contribution is 5.36. The average molecular weight is 212 g/mol. The number of nitrogens with zero attached hydrogens (tertiary/aromatic N) is 1. The van der Waals surface area contributed by atoms with Crippen LogP contribution in [0.15, 0.2) is 43.0 Å². The van der Waals surface area contributed by atoms with E-state index in [0.29, 0.717) is 6.04 Å². The molecule has 1 saturated carbocycles. The van der Waals surface area contributed by atoms with Gasteiger partial charge in [-0.15, -0.1) is 6.58 Å². The SMILES string of the molecule is C=CCNC1CC(C#N)(c2ccccc2)C1. The fourth-order valence-corrected chi connectivity index (χ4v) is 2.32. The number of benzene rings is 1. The molecule has 1 aromatic rings. The molecule has 0 spiro atoms. The van der Waals surface area contributed by atoms with Crippen molar-refractivity contribution in [1.82, 2.24) is 5.32 Å². The number of nitriles is 1. The molecule has 0 atom stereocenters. The molecule has 16 heavy (non-hydrogen) atoms. The molecule has 2 nitrogen and oxygen atoms in total. The van der Waals surface area contributed by atoms with Crippen LogP contribution in [-0.2, 0) is 5.41 Å². The number of rotatable bonds is 4. The summed E-state index contributed by atoms with van der Waals surface area (Å²) in [5, 5.41) is 12.7. The van der Waals surface area contributed by atoms with Crippen LogP contribution in [0, 0.1) is 11.3 Å². The molecule has 82 valence electrons. The van der Waals surface area contributed by atoms with Crippen LogP contribution in [0.25, 0.3) is 0 Å². The Kier molecular flexibility index (Phi) is 3.07. The number of hydrogen-bond acceptors (Lipinski definition) is 2. The van der Waals surface area contributed by atoms with E-state index in [9.17, 15) is 5.26 Å². The maximum Gasteiger partial charge on any atom is 0.0852 e. The fraction of sp³-hybridized carbons (Fsp3) is 0.357. The Hall–Kier alpha value is -1.59. The molecule has 2 rings (SSSR count). The van der Waals surface area contributed by atoms with E-state index < -0.39 is 0 Å². The van der Waals surface area contributed by atoms with Gasteiger partial charge in [0, 0.05) is 12.6 Å². The monoisotopic (exact) mass is 212 g/mol. The highest BCUT2D eigenvalue weighted by Gasteiger charge is 2.45. The summed E-state index contributed by atoms with van der Waals surface area (Å²) in [4.78, 5) is 0. The molecule has 1 aromatic carbocycles. The molecule has 0 radical (unpaired) electrons. The first-order chi connectivity index (χ1) is 7.80. The lowest BCUT2D eigenvalue weighted by Gasteiger charge is -2.43. The van der Waals surface area contributed by atoms with E-state index in [1.165, 1.54) is 0 Å². The Morgan fingerprint density at radius 3 is 2.69 bits per heavy atom. The molecule has 0 aliphatic heterocycles. The van der Waals surface area contributed by atoms with Gasteiger partial charge in [-0.3, -0.25) is 0 Å². The molecule has 0 amide bonds. The summed E-state index contributed by atoms with van der Waals surface area (Å²) in [6, 6.07) is 13.0. The van der Waals surface area contributed by atoms with Gasteiger partial charge in [0.05, 0.1) is 11.5 Å². The third-order valence-electron chi connectivity index (χ3n) is 3.28. The van der Waals surface area contributed by atoms with Gasteiger partial charge in [-0.05, 0) is 18.4 Å². The molecule has 1 N–H and O–H groups in total. The summed E-state index contributed by atoms with van der Waals surface area (Å²) in [5.74, 6) is 0. The van der Waals surface area contributed by atoms with E-state index >= 15 is 0 Å². The normalized spacial score (nSPS) is 27.8. The van der Waals surface area contributed by atoms with E-state index in [1.807, 2.05) is 36.4 Å². The lowest BCUT2D eigenvalue weighted by Crippen LogP contribution is -2.50. The Morgan fingerprint density at radius 1 is 1.44 bits per heavy atom. The molecule has 1 aliphatic carbocycles. The zero-order valence-corrected chi connectivity index (χ0v) is 9.32. The lowest BCUT2D eigenvalue weighted by molar-refractivity contribution is 0.233. The first-order valence-electron chi connectivity index (χ1n) is 5.62. The summed E-state index contributed by atoms with van der Waals surface area (Å²) in [5.41, 5.74) is 0.884. The van der Waals surface area contributed by atoms with Gasteiger partial charge in [0.2, 0.25) is 0 Å². The van der Waals surface area contributed by atoms with E-state index in [-0.39, 0.29) is 5.41 Å². The molecule has 0 bridgehead atoms. The minimum Gasteiger partial charge on any atom is -0.310 e. The van der Waals surface area contributed by atoms with Gasteiger partial charge < -0.3 is 5.32 Å². The Balaban J connectivity index is 2.04. The standard InChI is InChI=1S/C14H16N2/c1-2-8-16-13-9-14(10-13,11-15)12-6-4-3-5-7-12/h2-7,13,16H,1,8-10H2. The zero-order chi connectivity index (χ0) is 11.4. The van der Waals surface area contributed by atoms with Crippen LogP contribution in [0.1, 0.15) is 18.4 Å². The van der Waals surface area contributed by atoms with Crippen LogP contribution < -0.4 is 5.32 Å². The van der Waals surface area contributed by atoms with Crippen molar-refractivity contribution < 1.29 is 0 Å². The summed E-state index contributed by atoms with van der Waals surface area (Å²) < 4.78 is 0. The third-order valence-corrected chi connectivity index (χ3v) is 3.28. The maximum absolute atomic E-state index is 9.34. The first kappa shape index (κ1) is 10.9. The Morgan fingerprint density at radius 2 is 2.12 bits per heavy atom. The third kappa shape index (κ3) is 1.87. The van der Waals surface area contributed by atoms with E-state index in [1.54, 1.807) is 0 Å². The Labute approximate surface area is 96.6 Å². The molecule has 2 heteroatoms. The highest BCUT2D eigenvalue weighted by atomic mass is 14.9. The summed E-state index contributed by atoms with van der Waals surface area (Å²) in [7, 11) is 0. The molecular formula is C14H16N2. The number of nitrogens with one attached hydrogen (secondary N) is 1. The van der Waals surface area contributed by atoms with Gasteiger partial charge in [-0.1, -0.05) is 36.4 Å². The van der Waals surface area contributed by atoms with E-state index in [2.05, 4.69) is 18.0 Å². The van der Waals surface area contributed by atoms with Crippen molar-refractivity contribution in [3.05, 3.63) is 48.6 Å². The summed E-state index contributed by atoms with van der Waals surface area (Å²) in [6.45, 7) is 4.50. The predicted molar refractivity (Wildman–Crippen MR) is 65.0 cm³/mol. The fourth-order valence-electron chi connectivity index (χ4n) is 2.32. The molecule has 0 unspecified atom stereocenters. The van der Waals surface area contributed by atoms with Crippen molar-refractivity contribution in [2.24, 2.45) is 0 Å². The van der Waals surface area contributed by atoms with Crippen molar-refractivity contribution in [2.75, 3.05) is 6.54 Å². The minimum absolute atomic E-state index is 0.264. The average Bonchev–Trinajstić information content (AvgIpc) is 2.29. The van der Waals surface area contributed by atoms with Gasteiger partial charge >= 0.3 is 0 Å². The van der Waals surface area contributed by atoms with Gasteiger partial charge in [-0.25, -0.2) is 0 Å². The van der Waals surface area contributed by atoms with Crippen molar-refractivity contribution in [1.29, 1.82) is 5.26 Å². The van der Waals surface area contributed by atoms with Gasteiger partial charge in [0.25, 0.3) is 0 Å². The second kappa shape index (κ2) is 4.51. The van der Waals surface area contributed by atoms with Crippen LogP contribution in [0.5, 0.6) is 0 Å². The van der Waals surface area contributed by atoms with Crippen molar-refractivity contribution in [2.45, 2.75) is 24.3 Å². The van der Waals surface area contributed by atoms with Crippen molar-refractivity contribution >= 4 is 0 Å². The number of hydrogen-bond donors (Lipinski definition) is 1. The highest BCUT2D eigenvalue weighted by Crippen LogP contribution is 2.43. The van der Waals surface area contributed by atoms with Crippen molar-refractivity contribution in [3.8, 4) is 6.07 Å². The van der Waals surface area contributed by atoms with E-state index in [0.717, 1.165) is 24.9 Å². The van der Waals surface area contributed by atoms with Gasteiger partial charge in [-0.2, -0.15) is 5.26 Å². The Bertz CT molecular complexity index is 396. The lowest BCUT2D eigenvalue weighted by atomic mass is 9.62. The summed E-state index contributed by atoms with van der Waals surface area (Å²) >= 11 is 0. The molecule has 0 aromatic heterocycles. The van der Waals surface area contributed by atoms with Gasteiger partial charge in [0.1, 0.15) is 0 Å². The predicted octanol–water partition coefficient (Wildman–Crippen LogP) is 2.39.